The Morgan fingerprint density at radius 3 is 1.87 bits per heavy atom. The van der Waals surface area contributed by atoms with Crippen LogP contribution in [0.15, 0.2) is 140 Å². The first-order valence-corrected chi connectivity index (χ1v) is 19.5. The lowest BCUT2D eigenvalue weighted by Crippen LogP contribution is -2.60. The highest BCUT2D eigenvalue weighted by Crippen LogP contribution is 2.46. The molecule has 0 fully saturated rings. The maximum Gasteiger partial charge on any atom is 0.252 e. The molecule has 0 atom stereocenters. The van der Waals surface area contributed by atoms with E-state index in [9.17, 15) is 0 Å². The number of unbranched alkanes of at least 4 members (excludes halogenated alkanes) is 1. The number of hydrogen-bond acceptors (Lipinski definition) is 2. The Hall–Kier alpha value is -6.00. The molecule has 1 aromatic heterocycles. The van der Waals surface area contributed by atoms with Gasteiger partial charge >= 0.3 is 0 Å². The van der Waals surface area contributed by atoms with E-state index in [0.717, 1.165) is 23.5 Å². The molecular formula is C50H44BN3. The number of rotatable bonds is 7. The van der Waals surface area contributed by atoms with Crippen molar-refractivity contribution in [3.05, 3.63) is 167 Å². The standard InChI is InChI=1S/C50H44BN3/c1-6-7-9-36-19-27-45-42(29-36)41-10-8-11-43-50(41)54(45)48-31-40(52(37-20-12-32(2)13-21-37)38-22-14-33(3)15-23-38)30-47-49(48)51(43)44-28-35(5)18-26-46(44)53(47)39-24-16-34(4)17-25-39/h8,10-31H,6-7,9H2,1-5H3. The molecule has 2 aliphatic heterocycles. The van der Waals surface area contributed by atoms with E-state index in [1.165, 1.54) is 102 Å². The van der Waals surface area contributed by atoms with Crippen molar-refractivity contribution in [3.8, 4) is 5.69 Å². The lowest BCUT2D eigenvalue weighted by atomic mass is 9.33. The summed E-state index contributed by atoms with van der Waals surface area (Å²) in [6.45, 7) is 11.1. The predicted molar refractivity (Wildman–Crippen MR) is 232 cm³/mol. The fourth-order valence-electron chi connectivity index (χ4n) is 9.09. The molecule has 0 amide bonds. The fraction of sp³-hybridized carbons (Fsp3) is 0.160. The highest BCUT2D eigenvalue weighted by molar-refractivity contribution is 7.00. The van der Waals surface area contributed by atoms with Crippen LogP contribution in [-0.2, 0) is 6.42 Å². The minimum absolute atomic E-state index is 0.0907. The molecule has 0 aliphatic carbocycles. The van der Waals surface area contributed by atoms with Gasteiger partial charge in [0.05, 0.1) is 11.2 Å². The van der Waals surface area contributed by atoms with Crippen LogP contribution in [-0.4, -0.2) is 11.3 Å². The summed E-state index contributed by atoms with van der Waals surface area (Å²) in [4.78, 5) is 4.96. The van der Waals surface area contributed by atoms with Crippen molar-refractivity contribution in [3.63, 3.8) is 0 Å². The van der Waals surface area contributed by atoms with Gasteiger partial charge in [0.15, 0.2) is 0 Å². The van der Waals surface area contributed by atoms with Gasteiger partial charge in [-0.15, -0.1) is 0 Å². The van der Waals surface area contributed by atoms with Crippen molar-refractivity contribution in [1.82, 2.24) is 4.57 Å². The topological polar surface area (TPSA) is 11.4 Å². The molecule has 8 aromatic rings. The van der Waals surface area contributed by atoms with E-state index in [4.69, 9.17) is 0 Å². The summed E-state index contributed by atoms with van der Waals surface area (Å²) in [6, 6.07) is 53.2. The van der Waals surface area contributed by atoms with Gasteiger partial charge in [0.2, 0.25) is 0 Å². The smallest absolute Gasteiger partial charge is 0.252 e. The molecule has 262 valence electrons. The number of benzene rings is 7. The fourth-order valence-corrected chi connectivity index (χ4v) is 9.09. The van der Waals surface area contributed by atoms with Crippen molar-refractivity contribution in [2.75, 3.05) is 9.80 Å². The van der Waals surface area contributed by atoms with Gasteiger partial charge in [0.25, 0.3) is 6.71 Å². The maximum absolute atomic E-state index is 2.60. The third kappa shape index (κ3) is 5.04. The van der Waals surface area contributed by atoms with Crippen LogP contribution in [0.1, 0.15) is 47.6 Å². The van der Waals surface area contributed by atoms with E-state index in [2.05, 4.69) is 189 Å². The average Bonchev–Trinajstić information content (AvgIpc) is 3.52. The van der Waals surface area contributed by atoms with Crippen LogP contribution in [0.3, 0.4) is 0 Å². The summed E-state index contributed by atoms with van der Waals surface area (Å²) in [5, 5.41) is 2.68. The number of fused-ring (bicyclic) bond motifs is 7. The highest BCUT2D eigenvalue weighted by atomic mass is 15.2. The Balaban J connectivity index is 1.35. The number of nitrogens with zero attached hydrogens (tertiary/aromatic N) is 3. The van der Waals surface area contributed by atoms with Gasteiger partial charge in [-0.3, -0.25) is 0 Å². The normalized spacial score (nSPS) is 12.7. The zero-order valence-corrected chi connectivity index (χ0v) is 31.8. The van der Waals surface area contributed by atoms with Crippen molar-refractivity contribution >= 4 is 79.0 Å². The molecule has 0 radical (unpaired) electrons. The Morgan fingerprint density at radius 1 is 0.537 bits per heavy atom. The van der Waals surface area contributed by atoms with E-state index in [0.29, 0.717) is 0 Å². The Bertz CT molecular complexity index is 2690. The molecule has 0 bridgehead atoms. The molecule has 54 heavy (non-hydrogen) atoms. The number of anilines is 6. The number of aromatic nitrogens is 1. The van der Waals surface area contributed by atoms with Crippen LogP contribution >= 0.6 is 0 Å². The highest BCUT2D eigenvalue weighted by Gasteiger charge is 2.42. The molecule has 0 unspecified atom stereocenters. The molecule has 0 saturated heterocycles. The Morgan fingerprint density at radius 2 is 1.19 bits per heavy atom. The minimum Gasteiger partial charge on any atom is -0.311 e. The van der Waals surface area contributed by atoms with Gasteiger partial charge in [0, 0.05) is 50.4 Å². The number of para-hydroxylation sites is 1. The van der Waals surface area contributed by atoms with Gasteiger partial charge in [-0.05, 0) is 129 Å². The first-order chi connectivity index (χ1) is 26.4. The molecule has 7 aromatic carbocycles. The zero-order chi connectivity index (χ0) is 36.7. The zero-order valence-electron chi connectivity index (χ0n) is 31.8. The van der Waals surface area contributed by atoms with Crippen LogP contribution in [0, 0.1) is 27.7 Å². The molecule has 10 rings (SSSR count). The quantitative estimate of drug-likeness (QED) is 0.154. The lowest BCUT2D eigenvalue weighted by Gasteiger charge is -2.41. The summed E-state index contributed by atoms with van der Waals surface area (Å²) in [5.41, 5.74) is 21.4. The third-order valence-corrected chi connectivity index (χ3v) is 11.8. The predicted octanol–water partition coefficient (Wildman–Crippen LogP) is 11.4. The summed E-state index contributed by atoms with van der Waals surface area (Å²) in [7, 11) is 0. The van der Waals surface area contributed by atoms with E-state index >= 15 is 0 Å². The molecule has 0 spiro atoms. The van der Waals surface area contributed by atoms with Crippen molar-refractivity contribution in [2.24, 2.45) is 0 Å². The van der Waals surface area contributed by atoms with Gasteiger partial charge in [-0.25, -0.2) is 0 Å². The number of hydrogen-bond donors (Lipinski definition) is 0. The van der Waals surface area contributed by atoms with Gasteiger partial charge in [-0.1, -0.05) is 108 Å². The van der Waals surface area contributed by atoms with E-state index in [-0.39, 0.29) is 6.71 Å². The van der Waals surface area contributed by atoms with Gasteiger partial charge < -0.3 is 14.4 Å². The van der Waals surface area contributed by atoms with Crippen LogP contribution in [0.25, 0.3) is 27.5 Å². The summed E-state index contributed by atoms with van der Waals surface area (Å²) >= 11 is 0. The molecule has 3 nitrogen and oxygen atoms in total. The molecular weight excluding hydrogens is 653 g/mol. The van der Waals surface area contributed by atoms with Crippen molar-refractivity contribution in [2.45, 2.75) is 53.9 Å². The summed E-state index contributed by atoms with van der Waals surface area (Å²) in [5.74, 6) is 0. The van der Waals surface area contributed by atoms with E-state index in [1.807, 2.05) is 0 Å². The Kier molecular flexibility index (Phi) is 7.59. The first kappa shape index (κ1) is 32.6. The van der Waals surface area contributed by atoms with Crippen molar-refractivity contribution < 1.29 is 0 Å². The monoisotopic (exact) mass is 697 g/mol. The van der Waals surface area contributed by atoms with Crippen molar-refractivity contribution in [1.29, 1.82) is 0 Å². The van der Waals surface area contributed by atoms with E-state index in [1.54, 1.807) is 0 Å². The van der Waals surface area contributed by atoms with Crippen LogP contribution < -0.4 is 26.2 Å². The maximum atomic E-state index is 2.60. The molecule has 2 aliphatic rings. The number of aryl methyl sites for hydroxylation is 5. The van der Waals surface area contributed by atoms with Crippen LogP contribution in [0.2, 0.25) is 0 Å². The van der Waals surface area contributed by atoms with Gasteiger partial charge in [-0.2, -0.15) is 0 Å². The lowest BCUT2D eigenvalue weighted by molar-refractivity contribution is 0.796. The molecule has 0 N–H and O–H groups in total. The van der Waals surface area contributed by atoms with Crippen LogP contribution in [0.4, 0.5) is 34.1 Å². The first-order valence-electron chi connectivity index (χ1n) is 19.5. The third-order valence-electron chi connectivity index (χ3n) is 11.8. The minimum atomic E-state index is 0.0907. The summed E-state index contributed by atoms with van der Waals surface area (Å²) < 4.78 is 2.60. The SMILES string of the molecule is CCCCc1ccc2c(c1)c1cccc3c1n2-c1cc(N(c2ccc(C)cc2)c2ccc(C)cc2)cc2c1B3c1cc(C)ccc1N2c1ccc(C)cc1. The molecule has 4 heteroatoms. The van der Waals surface area contributed by atoms with E-state index < -0.39 is 0 Å². The average molecular weight is 698 g/mol. The van der Waals surface area contributed by atoms with Gasteiger partial charge in [0.1, 0.15) is 0 Å². The summed E-state index contributed by atoms with van der Waals surface area (Å²) in [6.07, 6.45) is 3.50. The Labute approximate surface area is 319 Å². The molecule has 0 saturated carbocycles. The second-order valence-corrected chi connectivity index (χ2v) is 15.6. The largest absolute Gasteiger partial charge is 0.311 e. The second kappa shape index (κ2) is 12.6. The molecule has 3 heterocycles. The van der Waals surface area contributed by atoms with Crippen LogP contribution in [0.5, 0.6) is 0 Å². The second-order valence-electron chi connectivity index (χ2n) is 15.6.